The molecule has 0 saturated heterocycles. The number of carbonyl (C=O) groups is 1. The molecular weight excluding hydrogens is 221 g/mol. The molecule has 0 aliphatic rings. The van der Waals surface area contributed by atoms with Gasteiger partial charge in [0, 0.05) is 18.5 Å². The summed E-state index contributed by atoms with van der Waals surface area (Å²) in [7, 11) is 0. The molecular formula is C13H18FNO2. The number of hydrogen-bond acceptors (Lipinski definition) is 2. The number of benzene rings is 1. The first-order valence-corrected chi connectivity index (χ1v) is 5.70. The number of halogens is 1. The van der Waals surface area contributed by atoms with Crippen LogP contribution < -0.4 is 5.32 Å². The maximum Gasteiger partial charge on any atom is 0.220 e. The minimum absolute atomic E-state index is 0.0342. The molecule has 0 heterocycles. The number of rotatable bonds is 5. The van der Waals surface area contributed by atoms with Crippen molar-refractivity contribution in [2.45, 2.75) is 26.4 Å². The molecule has 1 unspecified atom stereocenters. The van der Waals surface area contributed by atoms with Gasteiger partial charge in [-0.3, -0.25) is 4.79 Å². The van der Waals surface area contributed by atoms with Crippen LogP contribution >= 0.6 is 0 Å². The second-order valence-corrected chi connectivity index (χ2v) is 4.44. The normalized spacial score (nSPS) is 12.5. The number of carbonyl (C=O) groups excluding carboxylic acids is 1. The molecule has 0 aliphatic carbocycles. The molecule has 1 atom stereocenters. The first kappa shape index (κ1) is 13.6. The van der Waals surface area contributed by atoms with E-state index in [1.807, 2.05) is 13.8 Å². The van der Waals surface area contributed by atoms with Crippen LogP contribution in [0.5, 0.6) is 0 Å². The first-order chi connectivity index (χ1) is 8.00. The molecule has 17 heavy (non-hydrogen) atoms. The van der Waals surface area contributed by atoms with Crippen LogP contribution in [0, 0.1) is 11.7 Å². The van der Waals surface area contributed by atoms with Crippen molar-refractivity contribution in [3.63, 3.8) is 0 Å². The second kappa shape index (κ2) is 6.35. The molecule has 2 N–H and O–H groups in total. The van der Waals surface area contributed by atoms with Crippen LogP contribution in [0.15, 0.2) is 24.3 Å². The Bertz CT molecular complexity index is 379. The van der Waals surface area contributed by atoms with Gasteiger partial charge in [0.1, 0.15) is 5.82 Å². The number of aliphatic hydroxyl groups excluding tert-OH is 1. The topological polar surface area (TPSA) is 49.3 Å². The lowest BCUT2D eigenvalue weighted by Gasteiger charge is -2.13. The molecule has 4 heteroatoms. The average molecular weight is 239 g/mol. The lowest BCUT2D eigenvalue weighted by atomic mass is 10.1. The SMILES string of the molecule is CC(C)CC(=O)NCC(O)c1ccccc1F. The van der Waals surface area contributed by atoms with E-state index in [9.17, 15) is 14.3 Å². The van der Waals surface area contributed by atoms with Gasteiger partial charge in [0.25, 0.3) is 0 Å². The van der Waals surface area contributed by atoms with Crippen molar-refractivity contribution in [1.82, 2.24) is 5.32 Å². The first-order valence-electron chi connectivity index (χ1n) is 5.70. The summed E-state index contributed by atoms with van der Waals surface area (Å²) in [6, 6.07) is 6.00. The zero-order valence-electron chi connectivity index (χ0n) is 10.1. The Morgan fingerprint density at radius 1 is 1.41 bits per heavy atom. The summed E-state index contributed by atoms with van der Waals surface area (Å²) in [5, 5.41) is 12.3. The summed E-state index contributed by atoms with van der Waals surface area (Å²) in [5.41, 5.74) is 0.206. The Morgan fingerprint density at radius 3 is 2.65 bits per heavy atom. The Hall–Kier alpha value is -1.42. The summed E-state index contributed by atoms with van der Waals surface area (Å²) in [5.74, 6) is -0.325. The Morgan fingerprint density at radius 2 is 2.06 bits per heavy atom. The maximum atomic E-state index is 13.3. The predicted octanol–water partition coefficient (Wildman–Crippen LogP) is 2.02. The molecule has 1 rings (SSSR count). The van der Waals surface area contributed by atoms with E-state index in [-0.39, 0.29) is 23.9 Å². The van der Waals surface area contributed by atoms with Crippen LogP contribution in [-0.2, 0) is 4.79 Å². The van der Waals surface area contributed by atoms with Crippen LogP contribution in [0.25, 0.3) is 0 Å². The van der Waals surface area contributed by atoms with Crippen LogP contribution in [0.1, 0.15) is 31.9 Å². The third-order valence-corrected chi connectivity index (χ3v) is 2.35. The fraction of sp³-hybridized carbons (Fsp3) is 0.462. The smallest absolute Gasteiger partial charge is 0.220 e. The van der Waals surface area contributed by atoms with Crippen LogP contribution in [0.3, 0.4) is 0 Å². The van der Waals surface area contributed by atoms with Crippen LogP contribution in [-0.4, -0.2) is 17.6 Å². The zero-order chi connectivity index (χ0) is 12.8. The van der Waals surface area contributed by atoms with Crippen molar-refractivity contribution in [1.29, 1.82) is 0 Å². The summed E-state index contributed by atoms with van der Waals surface area (Å²) < 4.78 is 13.3. The van der Waals surface area contributed by atoms with Crippen molar-refractivity contribution >= 4 is 5.91 Å². The van der Waals surface area contributed by atoms with E-state index in [0.29, 0.717) is 6.42 Å². The van der Waals surface area contributed by atoms with Crippen molar-refractivity contribution in [2.75, 3.05) is 6.54 Å². The van der Waals surface area contributed by atoms with Gasteiger partial charge in [-0.1, -0.05) is 32.0 Å². The van der Waals surface area contributed by atoms with Gasteiger partial charge in [-0.05, 0) is 12.0 Å². The molecule has 1 amide bonds. The van der Waals surface area contributed by atoms with Crippen molar-refractivity contribution in [3.05, 3.63) is 35.6 Å². The van der Waals surface area contributed by atoms with Gasteiger partial charge in [-0.2, -0.15) is 0 Å². The molecule has 0 bridgehead atoms. The van der Waals surface area contributed by atoms with Gasteiger partial charge in [-0.15, -0.1) is 0 Å². The fourth-order valence-electron chi connectivity index (χ4n) is 1.51. The molecule has 1 aromatic rings. The average Bonchev–Trinajstić information content (AvgIpc) is 2.25. The van der Waals surface area contributed by atoms with E-state index >= 15 is 0 Å². The van der Waals surface area contributed by atoms with Crippen LogP contribution in [0.2, 0.25) is 0 Å². The monoisotopic (exact) mass is 239 g/mol. The standard InChI is InChI=1S/C13H18FNO2/c1-9(2)7-13(17)15-8-12(16)10-5-3-4-6-11(10)14/h3-6,9,12,16H,7-8H2,1-2H3,(H,15,17). The lowest BCUT2D eigenvalue weighted by molar-refractivity contribution is -0.122. The van der Waals surface area contributed by atoms with E-state index in [4.69, 9.17) is 0 Å². The van der Waals surface area contributed by atoms with Gasteiger partial charge in [-0.25, -0.2) is 4.39 Å². The number of aliphatic hydroxyl groups is 1. The third-order valence-electron chi connectivity index (χ3n) is 2.35. The summed E-state index contributed by atoms with van der Waals surface area (Å²) >= 11 is 0. The number of amides is 1. The summed E-state index contributed by atoms with van der Waals surface area (Å²) in [6.45, 7) is 3.91. The van der Waals surface area contributed by atoms with E-state index in [1.165, 1.54) is 12.1 Å². The molecule has 1 aromatic carbocycles. The summed E-state index contributed by atoms with van der Waals surface area (Å²) in [4.78, 5) is 11.4. The molecule has 0 radical (unpaired) electrons. The van der Waals surface area contributed by atoms with E-state index in [1.54, 1.807) is 12.1 Å². The quantitative estimate of drug-likeness (QED) is 0.826. The highest BCUT2D eigenvalue weighted by Gasteiger charge is 2.13. The van der Waals surface area contributed by atoms with Gasteiger partial charge >= 0.3 is 0 Å². The Labute approximate surface area is 101 Å². The lowest BCUT2D eigenvalue weighted by Crippen LogP contribution is -2.29. The minimum Gasteiger partial charge on any atom is -0.386 e. The highest BCUT2D eigenvalue weighted by molar-refractivity contribution is 5.76. The molecule has 0 aromatic heterocycles. The molecule has 0 fully saturated rings. The predicted molar refractivity (Wildman–Crippen MR) is 63.8 cm³/mol. The van der Waals surface area contributed by atoms with Crippen molar-refractivity contribution < 1.29 is 14.3 Å². The molecule has 0 aliphatic heterocycles. The second-order valence-electron chi connectivity index (χ2n) is 4.44. The summed E-state index contributed by atoms with van der Waals surface area (Å²) in [6.07, 6.45) is -0.600. The Balaban J connectivity index is 2.48. The highest BCUT2D eigenvalue weighted by atomic mass is 19.1. The van der Waals surface area contributed by atoms with Gasteiger partial charge in [0.2, 0.25) is 5.91 Å². The van der Waals surface area contributed by atoms with Gasteiger partial charge in [0.05, 0.1) is 6.10 Å². The zero-order valence-corrected chi connectivity index (χ0v) is 10.1. The number of hydrogen-bond donors (Lipinski definition) is 2. The largest absolute Gasteiger partial charge is 0.386 e. The van der Waals surface area contributed by atoms with Crippen molar-refractivity contribution in [2.24, 2.45) is 5.92 Å². The molecule has 0 spiro atoms. The molecule has 3 nitrogen and oxygen atoms in total. The van der Waals surface area contributed by atoms with E-state index in [0.717, 1.165) is 0 Å². The van der Waals surface area contributed by atoms with Crippen LogP contribution in [0.4, 0.5) is 4.39 Å². The van der Waals surface area contributed by atoms with Gasteiger partial charge < -0.3 is 10.4 Å². The van der Waals surface area contributed by atoms with Crippen molar-refractivity contribution in [3.8, 4) is 0 Å². The highest BCUT2D eigenvalue weighted by Crippen LogP contribution is 2.15. The number of nitrogens with one attached hydrogen (secondary N) is 1. The van der Waals surface area contributed by atoms with Gasteiger partial charge in [0.15, 0.2) is 0 Å². The molecule has 0 saturated carbocycles. The third kappa shape index (κ3) is 4.53. The minimum atomic E-state index is -1.01. The fourth-order valence-corrected chi connectivity index (χ4v) is 1.51. The van der Waals surface area contributed by atoms with E-state index < -0.39 is 11.9 Å². The van der Waals surface area contributed by atoms with E-state index in [2.05, 4.69) is 5.32 Å². The molecule has 94 valence electrons. The Kier molecular flexibility index (Phi) is 5.10. The maximum absolute atomic E-state index is 13.3.